The predicted molar refractivity (Wildman–Crippen MR) is 84.8 cm³/mol. The van der Waals surface area contributed by atoms with Crippen molar-refractivity contribution in [3.63, 3.8) is 0 Å². The molecule has 0 aliphatic carbocycles. The molecular formula is C16H16N6O2. The van der Waals surface area contributed by atoms with Crippen molar-refractivity contribution in [1.29, 1.82) is 0 Å². The number of nitrogens with zero attached hydrogens (tertiary/aromatic N) is 6. The Balaban J connectivity index is 1.48. The zero-order valence-corrected chi connectivity index (χ0v) is 12.9. The van der Waals surface area contributed by atoms with E-state index in [4.69, 9.17) is 4.74 Å². The summed E-state index contributed by atoms with van der Waals surface area (Å²) in [6.07, 6.45) is 4.67. The van der Waals surface area contributed by atoms with Gasteiger partial charge < -0.3 is 9.64 Å². The van der Waals surface area contributed by atoms with Crippen LogP contribution in [0.2, 0.25) is 0 Å². The average Bonchev–Trinajstić information content (AvgIpc) is 3.06. The Morgan fingerprint density at radius 3 is 3.08 bits per heavy atom. The Labute approximate surface area is 138 Å². The number of amides is 1. The van der Waals surface area contributed by atoms with E-state index in [1.54, 1.807) is 28.2 Å². The summed E-state index contributed by atoms with van der Waals surface area (Å²) in [5.41, 5.74) is 2.37. The van der Waals surface area contributed by atoms with Crippen LogP contribution in [0.25, 0.3) is 11.0 Å². The summed E-state index contributed by atoms with van der Waals surface area (Å²) in [7, 11) is 0. The van der Waals surface area contributed by atoms with Crippen LogP contribution in [0, 0.1) is 0 Å². The largest absolute Gasteiger partial charge is 0.368 e. The molecule has 24 heavy (non-hydrogen) atoms. The lowest BCUT2D eigenvalue weighted by atomic mass is 10.2. The molecule has 0 unspecified atom stereocenters. The number of fused-ring (bicyclic) bond motifs is 1. The van der Waals surface area contributed by atoms with Gasteiger partial charge in [-0.25, -0.2) is 4.68 Å². The molecule has 1 amide bonds. The summed E-state index contributed by atoms with van der Waals surface area (Å²) in [6.45, 7) is 1.66. The van der Waals surface area contributed by atoms with Crippen molar-refractivity contribution in [1.82, 2.24) is 29.9 Å². The molecule has 1 atom stereocenters. The van der Waals surface area contributed by atoms with E-state index < -0.39 is 0 Å². The van der Waals surface area contributed by atoms with Crippen LogP contribution in [0.3, 0.4) is 0 Å². The topological polar surface area (TPSA) is 86.0 Å². The molecule has 2 aromatic heterocycles. The average molecular weight is 324 g/mol. The van der Waals surface area contributed by atoms with E-state index in [1.807, 2.05) is 24.3 Å². The molecule has 0 saturated carbocycles. The smallest absolute Gasteiger partial charge is 0.244 e. The standard InChI is InChI=1S/C16H16N6O2/c23-16(11-22-14-4-2-1-3-12(14)19-20-22)21-7-8-24-15(10-21)13-9-17-5-6-18-13/h1-6,9,15H,7-8,10-11H2/t15-/m0/s1. The second kappa shape index (κ2) is 6.32. The lowest BCUT2D eigenvalue weighted by Crippen LogP contribution is -2.44. The molecule has 0 N–H and O–H groups in total. The van der Waals surface area contributed by atoms with E-state index in [0.29, 0.717) is 19.7 Å². The van der Waals surface area contributed by atoms with Crippen LogP contribution in [-0.2, 0) is 16.1 Å². The molecule has 122 valence electrons. The summed E-state index contributed by atoms with van der Waals surface area (Å²) in [5.74, 6) is -0.0113. The Kier molecular flexibility index (Phi) is 3.87. The number of para-hydroxylation sites is 1. The fourth-order valence-corrected chi connectivity index (χ4v) is 2.79. The molecule has 1 aromatic carbocycles. The van der Waals surface area contributed by atoms with Gasteiger partial charge in [0.1, 0.15) is 18.2 Å². The number of carbonyl (C=O) groups excluding carboxylic acids is 1. The van der Waals surface area contributed by atoms with E-state index in [2.05, 4.69) is 20.3 Å². The van der Waals surface area contributed by atoms with Gasteiger partial charge >= 0.3 is 0 Å². The molecule has 1 fully saturated rings. The first-order chi connectivity index (χ1) is 11.8. The number of aromatic nitrogens is 5. The van der Waals surface area contributed by atoms with Crippen LogP contribution >= 0.6 is 0 Å². The van der Waals surface area contributed by atoms with Crippen molar-refractivity contribution in [2.75, 3.05) is 19.7 Å². The van der Waals surface area contributed by atoms with Crippen LogP contribution in [0.1, 0.15) is 11.8 Å². The van der Waals surface area contributed by atoms with Crippen LogP contribution in [0.4, 0.5) is 0 Å². The maximum Gasteiger partial charge on any atom is 0.244 e. The maximum absolute atomic E-state index is 12.6. The van der Waals surface area contributed by atoms with Gasteiger partial charge in [0.05, 0.1) is 30.6 Å². The normalized spacial score (nSPS) is 18.0. The molecule has 0 radical (unpaired) electrons. The SMILES string of the molecule is O=C(Cn1nnc2ccccc21)N1CCO[C@H](c2cnccn2)C1. The molecule has 1 aliphatic heterocycles. The van der Waals surface area contributed by atoms with Crippen molar-refractivity contribution < 1.29 is 9.53 Å². The molecule has 3 aromatic rings. The van der Waals surface area contributed by atoms with Crippen molar-refractivity contribution >= 4 is 16.9 Å². The van der Waals surface area contributed by atoms with Crippen LogP contribution in [0.15, 0.2) is 42.9 Å². The lowest BCUT2D eigenvalue weighted by molar-refractivity contribution is -0.140. The third-order valence-corrected chi connectivity index (χ3v) is 4.04. The van der Waals surface area contributed by atoms with Gasteiger partial charge in [0.2, 0.25) is 5.91 Å². The van der Waals surface area contributed by atoms with Gasteiger partial charge in [-0.15, -0.1) is 5.10 Å². The second-order valence-electron chi connectivity index (χ2n) is 5.57. The zero-order chi connectivity index (χ0) is 16.4. The number of ether oxygens (including phenoxy) is 1. The quantitative estimate of drug-likeness (QED) is 0.709. The predicted octanol–water partition coefficient (Wildman–Crippen LogP) is 0.821. The second-order valence-corrected chi connectivity index (χ2v) is 5.57. The fraction of sp³-hybridized carbons (Fsp3) is 0.312. The fourth-order valence-electron chi connectivity index (χ4n) is 2.79. The number of benzene rings is 1. The molecule has 1 saturated heterocycles. The first-order valence-electron chi connectivity index (χ1n) is 7.75. The molecule has 0 bridgehead atoms. The molecule has 1 aliphatic rings. The third-order valence-electron chi connectivity index (χ3n) is 4.04. The van der Waals surface area contributed by atoms with Crippen molar-refractivity contribution in [3.8, 4) is 0 Å². The number of hydrogen-bond donors (Lipinski definition) is 0. The number of rotatable bonds is 3. The molecule has 4 rings (SSSR count). The number of carbonyl (C=O) groups is 1. The van der Waals surface area contributed by atoms with Gasteiger partial charge in [-0.3, -0.25) is 14.8 Å². The minimum atomic E-state index is -0.246. The van der Waals surface area contributed by atoms with Gasteiger partial charge in [-0.1, -0.05) is 17.3 Å². The van der Waals surface area contributed by atoms with Gasteiger partial charge in [0, 0.05) is 18.9 Å². The maximum atomic E-state index is 12.6. The Morgan fingerprint density at radius 2 is 2.21 bits per heavy atom. The summed E-state index contributed by atoms with van der Waals surface area (Å²) in [6, 6.07) is 7.59. The van der Waals surface area contributed by atoms with Crippen LogP contribution < -0.4 is 0 Å². The highest BCUT2D eigenvalue weighted by molar-refractivity contribution is 5.79. The highest BCUT2D eigenvalue weighted by atomic mass is 16.5. The van der Waals surface area contributed by atoms with Gasteiger partial charge in [-0.05, 0) is 12.1 Å². The molecular weight excluding hydrogens is 308 g/mol. The van der Waals surface area contributed by atoms with Crippen LogP contribution in [0.5, 0.6) is 0 Å². The van der Waals surface area contributed by atoms with E-state index in [9.17, 15) is 4.79 Å². The first-order valence-corrected chi connectivity index (χ1v) is 7.75. The van der Waals surface area contributed by atoms with E-state index in [0.717, 1.165) is 16.7 Å². The molecule has 0 spiro atoms. The summed E-state index contributed by atoms with van der Waals surface area (Å²) in [5, 5.41) is 8.15. The summed E-state index contributed by atoms with van der Waals surface area (Å²) >= 11 is 0. The number of hydrogen-bond acceptors (Lipinski definition) is 6. The van der Waals surface area contributed by atoms with Crippen molar-refractivity contribution in [3.05, 3.63) is 48.5 Å². The first kappa shape index (κ1) is 14.7. The number of morpholine rings is 1. The molecule has 3 heterocycles. The Morgan fingerprint density at radius 1 is 1.29 bits per heavy atom. The zero-order valence-electron chi connectivity index (χ0n) is 12.9. The van der Waals surface area contributed by atoms with Gasteiger partial charge in [-0.2, -0.15) is 0 Å². The molecule has 8 nitrogen and oxygen atoms in total. The summed E-state index contributed by atoms with van der Waals surface area (Å²) in [4.78, 5) is 22.7. The third kappa shape index (κ3) is 2.83. The van der Waals surface area contributed by atoms with Crippen molar-refractivity contribution in [2.24, 2.45) is 0 Å². The van der Waals surface area contributed by atoms with Crippen molar-refractivity contribution in [2.45, 2.75) is 12.6 Å². The lowest BCUT2D eigenvalue weighted by Gasteiger charge is -2.32. The molecule has 8 heteroatoms. The minimum absolute atomic E-state index is 0.0113. The van der Waals surface area contributed by atoms with Crippen LogP contribution in [-0.4, -0.2) is 55.5 Å². The van der Waals surface area contributed by atoms with Gasteiger partial charge in [0.15, 0.2) is 0 Å². The van der Waals surface area contributed by atoms with E-state index >= 15 is 0 Å². The minimum Gasteiger partial charge on any atom is -0.368 e. The van der Waals surface area contributed by atoms with Gasteiger partial charge in [0.25, 0.3) is 0 Å². The highest BCUT2D eigenvalue weighted by Gasteiger charge is 2.26. The Hall–Kier alpha value is -2.87. The van der Waals surface area contributed by atoms with E-state index in [-0.39, 0.29) is 18.6 Å². The summed E-state index contributed by atoms with van der Waals surface area (Å²) < 4.78 is 7.35. The monoisotopic (exact) mass is 324 g/mol. The Bertz CT molecular complexity index is 850. The highest BCUT2D eigenvalue weighted by Crippen LogP contribution is 2.20. The van der Waals surface area contributed by atoms with E-state index in [1.165, 1.54) is 0 Å².